The van der Waals surface area contributed by atoms with Crippen LogP contribution in [0.1, 0.15) is 48.9 Å². The zero-order valence-corrected chi connectivity index (χ0v) is 13.5. The minimum absolute atomic E-state index is 0.0705. The fourth-order valence-corrected chi connectivity index (χ4v) is 3.49. The van der Waals surface area contributed by atoms with Gasteiger partial charge < -0.3 is 16.2 Å². The normalized spacial score (nSPS) is 17.2. The molecule has 2 aromatic rings. The first-order valence-electron chi connectivity index (χ1n) is 8.37. The van der Waals surface area contributed by atoms with Crippen LogP contribution in [0.5, 0.6) is 5.75 Å². The van der Waals surface area contributed by atoms with Crippen LogP contribution in [0.25, 0.3) is 10.8 Å². The summed E-state index contributed by atoms with van der Waals surface area (Å²) in [6, 6.07) is 10.7. The average Bonchev–Trinajstić information content (AvgIpc) is 2.82. The SMILES string of the molecule is NC(=O)C1(NC(=O)c2ccc3ccccc3c2O)CCCCCC1. The number of carbonyl (C=O) groups is 2. The van der Waals surface area contributed by atoms with Crippen LogP contribution in [-0.2, 0) is 4.79 Å². The van der Waals surface area contributed by atoms with E-state index in [0.29, 0.717) is 18.2 Å². The number of amides is 2. The number of nitrogens with two attached hydrogens (primary N) is 1. The van der Waals surface area contributed by atoms with E-state index in [1.54, 1.807) is 24.3 Å². The van der Waals surface area contributed by atoms with E-state index in [-0.39, 0.29) is 11.3 Å². The third-order valence-corrected chi connectivity index (χ3v) is 4.93. The number of carbonyl (C=O) groups excluding carboxylic acids is 2. The molecule has 0 unspecified atom stereocenters. The number of hydrogen-bond acceptors (Lipinski definition) is 3. The third kappa shape index (κ3) is 2.94. The summed E-state index contributed by atoms with van der Waals surface area (Å²) < 4.78 is 0. The van der Waals surface area contributed by atoms with Gasteiger partial charge in [-0.05, 0) is 24.3 Å². The topological polar surface area (TPSA) is 92.4 Å². The van der Waals surface area contributed by atoms with Crippen molar-refractivity contribution in [2.24, 2.45) is 5.73 Å². The Labute approximate surface area is 140 Å². The van der Waals surface area contributed by atoms with E-state index in [1.165, 1.54) is 0 Å². The van der Waals surface area contributed by atoms with Crippen molar-refractivity contribution in [3.05, 3.63) is 42.0 Å². The summed E-state index contributed by atoms with van der Waals surface area (Å²) in [5.74, 6) is -1.03. The lowest BCUT2D eigenvalue weighted by Crippen LogP contribution is -2.57. The highest BCUT2D eigenvalue weighted by atomic mass is 16.3. The van der Waals surface area contributed by atoms with Crippen molar-refractivity contribution in [2.75, 3.05) is 0 Å². The molecule has 0 aromatic heterocycles. The van der Waals surface area contributed by atoms with Crippen molar-refractivity contribution in [1.29, 1.82) is 0 Å². The lowest BCUT2D eigenvalue weighted by atomic mass is 9.88. The van der Waals surface area contributed by atoms with E-state index in [2.05, 4.69) is 5.32 Å². The van der Waals surface area contributed by atoms with Crippen LogP contribution in [0.2, 0.25) is 0 Å². The predicted octanol–water partition coefficient (Wildman–Crippen LogP) is 2.85. The second-order valence-corrected chi connectivity index (χ2v) is 6.50. The van der Waals surface area contributed by atoms with Gasteiger partial charge in [-0.1, -0.05) is 56.0 Å². The summed E-state index contributed by atoms with van der Waals surface area (Å²) in [5.41, 5.74) is 4.75. The fraction of sp³-hybridized carbons (Fsp3) is 0.368. The number of hydrogen-bond donors (Lipinski definition) is 3. The molecule has 1 saturated carbocycles. The molecule has 2 aromatic carbocycles. The summed E-state index contributed by atoms with van der Waals surface area (Å²) >= 11 is 0. The van der Waals surface area contributed by atoms with Gasteiger partial charge in [0.05, 0.1) is 5.56 Å². The van der Waals surface area contributed by atoms with Gasteiger partial charge in [0.2, 0.25) is 5.91 Å². The molecule has 0 saturated heterocycles. The Morgan fingerprint density at radius 2 is 1.67 bits per heavy atom. The van der Waals surface area contributed by atoms with Gasteiger partial charge in [-0.2, -0.15) is 0 Å². The Hall–Kier alpha value is -2.56. The molecule has 24 heavy (non-hydrogen) atoms. The summed E-state index contributed by atoms with van der Waals surface area (Å²) in [6.07, 6.45) is 4.86. The van der Waals surface area contributed by atoms with Crippen molar-refractivity contribution in [3.8, 4) is 5.75 Å². The van der Waals surface area contributed by atoms with Crippen LogP contribution in [0, 0.1) is 0 Å². The Bertz CT molecular complexity index is 777. The maximum Gasteiger partial charge on any atom is 0.255 e. The molecule has 0 spiro atoms. The van der Waals surface area contributed by atoms with Gasteiger partial charge in [0.15, 0.2) is 0 Å². The van der Waals surface area contributed by atoms with Crippen LogP contribution in [0.15, 0.2) is 36.4 Å². The van der Waals surface area contributed by atoms with Gasteiger partial charge in [0.25, 0.3) is 5.91 Å². The van der Waals surface area contributed by atoms with Crippen LogP contribution in [0.3, 0.4) is 0 Å². The van der Waals surface area contributed by atoms with Gasteiger partial charge in [-0.15, -0.1) is 0 Å². The van der Waals surface area contributed by atoms with Gasteiger partial charge in [0, 0.05) is 5.39 Å². The lowest BCUT2D eigenvalue weighted by Gasteiger charge is -2.30. The zero-order valence-electron chi connectivity index (χ0n) is 13.5. The molecular weight excluding hydrogens is 304 g/mol. The summed E-state index contributed by atoms with van der Waals surface area (Å²) in [4.78, 5) is 24.8. The number of aromatic hydroxyl groups is 1. The minimum Gasteiger partial charge on any atom is -0.506 e. The highest BCUT2D eigenvalue weighted by Gasteiger charge is 2.38. The molecule has 0 heterocycles. The average molecular weight is 326 g/mol. The molecule has 0 aliphatic heterocycles. The molecule has 1 aliphatic rings. The molecule has 4 N–H and O–H groups in total. The molecule has 126 valence electrons. The largest absolute Gasteiger partial charge is 0.506 e. The number of phenols is 1. The van der Waals surface area contributed by atoms with Crippen molar-refractivity contribution in [2.45, 2.75) is 44.1 Å². The number of rotatable bonds is 3. The van der Waals surface area contributed by atoms with Crippen molar-refractivity contribution < 1.29 is 14.7 Å². The van der Waals surface area contributed by atoms with E-state index in [1.807, 2.05) is 12.1 Å². The Kier molecular flexibility index (Phi) is 4.42. The molecule has 5 nitrogen and oxygen atoms in total. The maximum atomic E-state index is 12.7. The standard InChI is InChI=1S/C19H22N2O3/c20-18(24)19(11-5-1-2-6-12-19)21-17(23)15-10-9-13-7-3-4-8-14(13)16(15)22/h3-4,7-10,22H,1-2,5-6,11-12H2,(H2,20,24)(H,21,23). The first kappa shape index (κ1) is 16.3. The quantitative estimate of drug-likeness (QED) is 0.757. The van der Waals surface area contributed by atoms with Crippen LogP contribution in [-0.4, -0.2) is 22.5 Å². The van der Waals surface area contributed by atoms with Gasteiger partial charge in [-0.25, -0.2) is 0 Å². The second kappa shape index (κ2) is 6.51. The van der Waals surface area contributed by atoms with E-state index < -0.39 is 17.4 Å². The highest BCUT2D eigenvalue weighted by Crippen LogP contribution is 2.31. The molecule has 1 fully saturated rings. The number of nitrogens with one attached hydrogen (secondary N) is 1. The number of benzene rings is 2. The van der Waals surface area contributed by atoms with E-state index >= 15 is 0 Å². The summed E-state index contributed by atoms with van der Waals surface area (Å²) in [6.45, 7) is 0. The molecule has 3 rings (SSSR count). The predicted molar refractivity (Wildman–Crippen MR) is 92.7 cm³/mol. The van der Waals surface area contributed by atoms with Crippen molar-refractivity contribution in [3.63, 3.8) is 0 Å². The van der Waals surface area contributed by atoms with E-state index in [0.717, 1.165) is 31.1 Å². The van der Waals surface area contributed by atoms with E-state index in [4.69, 9.17) is 5.73 Å². The fourth-order valence-electron chi connectivity index (χ4n) is 3.49. The highest BCUT2D eigenvalue weighted by molar-refractivity contribution is 6.05. The Morgan fingerprint density at radius 3 is 2.33 bits per heavy atom. The number of fused-ring (bicyclic) bond motifs is 1. The molecule has 5 heteroatoms. The first-order valence-corrected chi connectivity index (χ1v) is 8.37. The van der Waals surface area contributed by atoms with Gasteiger partial charge in [-0.3, -0.25) is 9.59 Å². The Balaban J connectivity index is 1.93. The van der Waals surface area contributed by atoms with Crippen molar-refractivity contribution >= 4 is 22.6 Å². The summed E-state index contributed by atoms with van der Waals surface area (Å²) in [7, 11) is 0. The second-order valence-electron chi connectivity index (χ2n) is 6.50. The van der Waals surface area contributed by atoms with Gasteiger partial charge in [0.1, 0.15) is 11.3 Å². The van der Waals surface area contributed by atoms with E-state index in [9.17, 15) is 14.7 Å². The molecule has 0 radical (unpaired) electrons. The van der Waals surface area contributed by atoms with Crippen LogP contribution >= 0.6 is 0 Å². The van der Waals surface area contributed by atoms with Gasteiger partial charge >= 0.3 is 0 Å². The Morgan fingerprint density at radius 1 is 1.00 bits per heavy atom. The molecule has 0 bridgehead atoms. The smallest absolute Gasteiger partial charge is 0.255 e. The molecular formula is C19H22N2O3. The van der Waals surface area contributed by atoms with Crippen molar-refractivity contribution in [1.82, 2.24) is 5.32 Å². The zero-order chi connectivity index (χ0) is 17.2. The molecule has 0 atom stereocenters. The monoisotopic (exact) mass is 326 g/mol. The first-order chi connectivity index (χ1) is 11.5. The number of phenolic OH excluding ortho intramolecular Hbond substituents is 1. The third-order valence-electron chi connectivity index (χ3n) is 4.93. The van der Waals surface area contributed by atoms with Crippen LogP contribution < -0.4 is 11.1 Å². The molecule has 2 amide bonds. The minimum atomic E-state index is -1.02. The summed E-state index contributed by atoms with van der Waals surface area (Å²) in [5, 5.41) is 14.7. The number of primary amides is 1. The van der Waals surface area contributed by atoms with Crippen LogP contribution in [0.4, 0.5) is 0 Å². The molecule has 1 aliphatic carbocycles. The lowest BCUT2D eigenvalue weighted by molar-refractivity contribution is -0.124. The maximum absolute atomic E-state index is 12.7.